The molecular weight excluding hydrogens is 1100 g/mol. The molecule has 6 aliphatic heterocycles. The molecule has 2 atom stereocenters. The number of hydrogen-bond donors (Lipinski definition) is 0. The molecule has 0 spiro atoms. The second-order valence-electron chi connectivity index (χ2n) is 23.9. The van der Waals surface area contributed by atoms with Crippen molar-refractivity contribution in [1.29, 1.82) is 0 Å². The molecule has 12 rings (SSSR count). The number of aromatic nitrogens is 4. The largest absolute Gasteiger partial charge is 0.462 e. The molecule has 2 aromatic heterocycles. The Morgan fingerprint density at radius 2 is 1.06 bits per heavy atom. The van der Waals surface area contributed by atoms with Crippen LogP contribution < -0.4 is 29.1 Å². The number of ether oxygens (including phenoxy) is 2. The molecule has 0 unspecified atom stereocenters. The molecule has 18 heteroatoms. The Kier molecular flexibility index (Phi) is 21.0. The third kappa shape index (κ3) is 14.4. The van der Waals surface area contributed by atoms with Crippen molar-refractivity contribution in [2.75, 3.05) is 99.3 Å². The number of allylic oxidation sites excluding steroid dienone is 1. The van der Waals surface area contributed by atoms with Gasteiger partial charge in [0, 0.05) is 90.2 Å². The van der Waals surface area contributed by atoms with Gasteiger partial charge in [0.1, 0.15) is 24.8 Å². The van der Waals surface area contributed by atoms with Crippen molar-refractivity contribution in [3.05, 3.63) is 133 Å². The SMILES string of the molecule is C=CC(=O)Cl.C=CC(=O)N1CCN(c2nc(OC[C@@H]3CCCN3C)nc3c2CCN(c2cccc4ccccc24)C3)C(C)(C)C1.CN1CCC[C@H]1COc1nc2c(c(N3CCCCC3(C)C)n1)CCN(c1cccc3ccccc13)C2.S.S. The Hall–Kier alpha value is -6.11. The fourth-order valence-corrected chi connectivity index (χ4v) is 13.0. The fourth-order valence-electron chi connectivity index (χ4n) is 13.0. The van der Waals surface area contributed by atoms with Gasteiger partial charge < -0.3 is 43.8 Å². The molecule has 0 saturated carbocycles. The number of likely N-dealkylation sites (N-methyl/N-ethyl adjacent to an activating group) is 2. The van der Waals surface area contributed by atoms with Crippen LogP contribution in [0, 0.1) is 0 Å². The van der Waals surface area contributed by atoms with Crippen LogP contribution >= 0.6 is 38.6 Å². The van der Waals surface area contributed by atoms with Gasteiger partial charge in [0.2, 0.25) is 11.1 Å². The molecule has 0 radical (unpaired) electrons. The number of benzene rings is 4. The highest BCUT2D eigenvalue weighted by Gasteiger charge is 2.40. The molecular formula is C65H86ClN11O4S2. The third-order valence-corrected chi connectivity index (χ3v) is 17.8. The molecule has 6 aliphatic rings. The summed E-state index contributed by atoms with van der Waals surface area (Å²) < 4.78 is 12.7. The average Bonchev–Trinajstić information content (AvgIpc) is 3.43. The van der Waals surface area contributed by atoms with Crippen molar-refractivity contribution in [3.8, 4) is 12.0 Å². The number of amides is 1. The summed E-state index contributed by atoms with van der Waals surface area (Å²) in [6, 6.07) is 32.2. The maximum atomic E-state index is 12.4. The number of carbonyl (C=O) groups is 2. The van der Waals surface area contributed by atoms with Gasteiger partial charge in [-0.1, -0.05) is 86.0 Å². The quantitative estimate of drug-likeness (QED) is 0.0852. The van der Waals surface area contributed by atoms with Crippen molar-refractivity contribution in [2.45, 2.75) is 122 Å². The lowest BCUT2D eigenvalue weighted by atomic mass is 9.89. The molecule has 4 saturated heterocycles. The number of piperidine rings is 1. The Balaban J connectivity index is 0.000000197. The van der Waals surface area contributed by atoms with Crippen LogP contribution in [0.5, 0.6) is 12.0 Å². The van der Waals surface area contributed by atoms with Crippen molar-refractivity contribution < 1.29 is 19.1 Å². The summed E-state index contributed by atoms with van der Waals surface area (Å²) in [6.45, 7) is 25.7. The van der Waals surface area contributed by atoms with Gasteiger partial charge in [-0.25, -0.2) is 0 Å². The van der Waals surface area contributed by atoms with Crippen molar-refractivity contribution in [2.24, 2.45) is 0 Å². The number of likely N-dealkylation sites (tertiary alicyclic amines) is 2. The van der Waals surface area contributed by atoms with Crippen LogP contribution in [-0.4, -0.2) is 149 Å². The first kappa shape index (κ1) is 62.9. The summed E-state index contributed by atoms with van der Waals surface area (Å²) in [4.78, 5) is 58.6. The topological polar surface area (TPSA) is 127 Å². The van der Waals surface area contributed by atoms with E-state index in [1.807, 2.05) is 4.90 Å². The number of nitrogens with zero attached hydrogens (tertiary/aromatic N) is 11. The van der Waals surface area contributed by atoms with Gasteiger partial charge in [-0.15, -0.1) is 0 Å². The van der Waals surface area contributed by atoms with Crippen molar-refractivity contribution in [3.63, 3.8) is 0 Å². The van der Waals surface area contributed by atoms with E-state index in [-0.39, 0.29) is 44.0 Å². The van der Waals surface area contributed by atoms with E-state index in [0.29, 0.717) is 63.5 Å². The standard InChI is InChI=1S/C32H40N6O2.C30H39N5O.C3H3ClO.2H2S/c1-5-29(39)37-18-19-38(32(2,3)22-37)30-26-15-17-36(28-14-8-11-23-10-6-7-13-25(23)28)20-27(26)33-31(34-30)40-21-24-12-9-16-35(24)4;1-30(2)16-6-7-18-35(30)28-25-15-19-34(27-14-8-11-22-10-4-5-13-24(22)27)20-26(25)31-29(32-28)36-21-23-12-9-17-33(23)3;1-2-3(4)5;;/h5-8,10-11,13-14,24H,1,9,12,15-22H2,2-4H3;4-5,8,10-11,13-14,23H,6-7,9,12,15-21H2,1-3H3;2H,1H2;2*1H2/t24-;23-;;;/m00.../s1. The number of piperazine rings is 1. The zero-order chi connectivity index (χ0) is 56.8. The molecule has 15 nitrogen and oxygen atoms in total. The van der Waals surface area contributed by atoms with Crippen LogP contribution in [0.25, 0.3) is 21.5 Å². The molecule has 1 amide bonds. The van der Waals surface area contributed by atoms with E-state index in [0.717, 1.165) is 87.6 Å². The lowest BCUT2D eigenvalue weighted by Crippen LogP contribution is -2.61. The number of carbonyl (C=O) groups excluding carboxylic acids is 2. The Labute approximate surface area is 511 Å². The zero-order valence-electron chi connectivity index (χ0n) is 49.6. The Morgan fingerprint density at radius 3 is 1.49 bits per heavy atom. The van der Waals surface area contributed by atoms with Crippen LogP contribution in [0.1, 0.15) is 95.2 Å². The molecule has 444 valence electrons. The number of halogens is 1. The van der Waals surface area contributed by atoms with Crippen LogP contribution in [0.3, 0.4) is 0 Å². The van der Waals surface area contributed by atoms with Gasteiger partial charge in [0.05, 0.1) is 30.0 Å². The predicted octanol–water partition coefficient (Wildman–Crippen LogP) is 10.9. The second-order valence-corrected chi connectivity index (χ2v) is 24.3. The second kappa shape index (κ2) is 27.7. The van der Waals surface area contributed by atoms with E-state index in [2.05, 4.69) is 169 Å². The average molecular weight is 1190 g/mol. The van der Waals surface area contributed by atoms with E-state index in [9.17, 15) is 9.59 Å². The van der Waals surface area contributed by atoms with Gasteiger partial charge in [-0.3, -0.25) is 9.59 Å². The van der Waals surface area contributed by atoms with E-state index < -0.39 is 5.24 Å². The molecule has 4 aromatic carbocycles. The Morgan fingerprint density at radius 1 is 0.590 bits per heavy atom. The maximum absolute atomic E-state index is 12.4. The van der Waals surface area contributed by atoms with E-state index in [4.69, 9.17) is 41.0 Å². The normalized spacial score (nSPS) is 20.1. The highest BCUT2D eigenvalue weighted by atomic mass is 35.5. The number of hydrogen-bond acceptors (Lipinski definition) is 14. The van der Waals surface area contributed by atoms with Gasteiger partial charge in [0.25, 0.3) is 0 Å². The van der Waals surface area contributed by atoms with Crippen LogP contribution in [0.2, 0.25) is 0 Å². The molecule has 0 N–H and O–H groups in total. The number of anilines is 4. The zero-order valence-corrected chi connectivity index (χ0v) is 52.3. The minimum atomic E-state index is -0.509. The summed E-state index contributed by atoms with van der Waals surface area (Å²) in [5.74, 6) is 2.04. The lowest BCUT2D eigenvalue weighted by Gasteiger charge is -2.48. The molecule has 8 heterocycles. The van der Waals surface area contributed by atoms with Gasteiger partial charge >= 0.3 is 12.0 Å². The van der Waals surface area contributed by atoms with Gasteiger partial charge in [-0.2, -0.15) is 46.9 Å². The van der Waals surface area contributed by atoms with Crippen molar-refractivity contribution >= 4 is 94.3 Å². The maximum Gasteiger partial charge on any atom is 0.318 e. The first-order valence-electron chi connectivity index (χ1n) is 29.3. The number of fused-ring (bicyclic) bond motifs is 4. The molecule has 4 fully saturated rings. The minimum Gasteiger partial charge on any atom is -0.462 e. The third-order valence-electron chi connectivity index (χ3n) is 17.6. The number of rotatable bonds is 12. The monoisotopic (exact) mass is 1180 g/mol. The van der Waals surface area contributed by atoms with E-state index in [1.54, 1.807) is 0 Å². The molecule has 83 heavy (non-hydrogen) atoms. The van der Waals surface area contributed by atoms with Crippen LogP contribution in [0.15, 0.2) is 110 Å². The molecule has 6 aromatic rings. The highest BCUT2D eigenvalue weighted by Crippen LogP contribution is 2.40. The van der Waals surface area contributed by atoms with E-state index >= 15 is 0 Å². The summed E-state index contributed by atoms with van der Waals surface area (Å²) in [5.41, 5.74) is 6.97. The predicted molar refractivity (Wildman–Crippen MR) is 349 cm³/mol. The van der Waals surface area contributed by atoms with Crippen LogP contribution in [0.4, 0.5) is 23.0 Å². The summed E-state index contributed by atoms with van der Waals surface area (Å²) in [7, 11) is 4.35. The minimum absolute atomic E-state index is 0. The summed E-state index contributed by atoms with van der Waals surface area (Å²) in [6.07, 6.45) is 12.7. The fraction of sp³-hybridized carbons (Fsp3) is 0.477. The van der Waals surface area contributed by atoms with E-state index in [1.165, 1.54) is 88.6 Å². The van der Waals surface area contributed by atoms with Crippen LogP contribution in [-0.2, 0) is 35.5 Å². The highest BCUT2D eigenvalue weighted by molar-refractivity contribution is 7.59. The lowest BCUT2D eigenvalue weighted by molar-refractivity contribution is -0.127. The summed E-state index contributed by atoms with van der Waals surface area (Å²) in [5, 5.41) is 4.57. The Bertz CT molecular complexity index is 3240. The van der Waals surface area contributed by atoms with Gasteiger partial charge in [0.15, 0.2) is 0 Å². The van der Waals surface area contributed by atoms with Gasteiger partial charge in [-0.05, 0) is 159 Å². The summed E-state index contributed by atoms with van der Waals surface area (Å²) >= 11 is 4.71. The molecule has 0 aliphatic carbocycles. The van der Waals surface area contributed by atoms with Crippen molar-refractivity contribution in [1.82, 2.24) is 34.6 Å². The smallest absolute Gasteiger partial charge is 0.318 e. The first-order chi connectivity index (χ1) is 39.1. The molecule has 0 bridgehead atoms. The first-order valence-corrected chi connectivity index (χ1v) is 29.7.